The van der Waals surface area contributed by atoms with Crippen LogP contribution in [-0.4, -0.2) is 53.1 Å². The highest BCUT2D eigenvalue weighted by Crippen LogP contribution is 2.35. The van der Waals surface area contributed by atoms with Crippen molar-refractivity contribution in [2.24, 2.45) is 5.92 Å². The highest BCUT2D eigenvalue weighted by Gasteiger charge is 2.43. The number of imidazole rings is 1. The number of hydrogen-bond donors (Lipinski definition) is 1. The normalized spacial score (nSPS) is 29.7. The van der Waals surface area contributed by atoms with Crippen LogP contribution < -0.4 is 0 Å². The smallest absolute Gasteiger partial charge is 0.381 e. The summed E-state index contributed by atoms with van der Waals surface area (Å²) >= 11 is 0. The van der Waals surface area contributed by atoms with Crippen molar-refractivity contribution >= 4 is 15.9 Å². The number of rotatable bonds is 5. The van der Waals surface area contributed by atoms with E-state index in [-0.39, 0.29) is 12.4 Å². The van der Waals surface area contributed by atoms with Crippen LogP contribution in [0.3, 0.4) is 0 Å². The average Bonchev–Trinajstić information content (AvgIpc) is 2.94. The van der Waals surface area contributed by atoms with E-state index in [0.717, 1.165) is 6.26 Å². The fraction of sp³-hybridized carbons (Fsp3) is 0.700. The SMILES string of the molecule is CC1C(O)C(COS(C)(=O)=O)OC1n1cnc([N+](=O)[O-])c1. The van der Waals surface area contributed by atoms with Crippen LogP contribution in [-0.2, 0) is 19.0 Å². The van der Waals surface area contributed by atoms with Gasteiger partial charge in [0.2, 0.25) is 6.33 Å². The van der Waals surface area contributed by atoms with E-state index in [1.54, 1.807) is 6.92 Å². The van der Waals surface area contributed by atoms with Crippen LogP contribution in [0.15, 0.2) is 12.5 Å². The van der Waals surface area contributed by atoms with Gasteiger partial charge in [-0.15, -0.1) is 0 Å². The highest BCUT2D eigenvalue weighted by molar-refractivity contribution is 7.85. The van der Waals surface area contributed by atoms with Crippen molar-refractivity contribution in [3.05, 3.63) is 22.6 Å². The summed E-state index contributed by atoms with van der Waals surface area (Å²) in [5.41, 5.74) is 0. The van der Waals surface area contributed by atoms with Crippen LogP contribution in [0.2, 0.25) is 0 Å². The van der Waals surface area contributed by atoms with Gasteiger partial charge in [0.25, 0.3) is 10.1 Å². The number of nitro groups is 1. The third kappa shape index (κ3) is 3.56. The van der Waals surface area contributed by atoms with E-state index in [0.29, 0.717) is 0 Å². The molecule has 0 aromatic carbocycles. The van der Waals surface area contributed by atoms with Crippen molar-refractivity contribution in [3.63, 3.8) is 0 Å². The van der Waals surface area contributed by atoms with E-state index < -0.39 is 39.4 Å². The lowest BCUT2D eigenvalue weighted by atomic mass is 10.0. The van der Waals surface area contributed by atoms with Gasteiger partial charge in [-0.3, -0.25) is 8.75 Å². The molecule has 1 aliphatic heterocycles. The molecule has 2 rings (SSSR count). The molecule has 1 aromatic heterocycles. The van der Waals surface area contributed by atoms with Crippen LogP contribution >= 0.6 is 0 Å². The van der Waals surface area contributed by atoms with Gasteiger partial charge in [-0.25, -0.2) is 0 Å². The average molecular weight is 321 g/mol. The highest BCUT2D eigenvalue weighted by atomic mass is 32.2. The fourth-order valence-corrected chi connectivity index (χ4v) is 2.50. The van der Waals surface area contributed by atoms with Crippen molar-refractivity contribution in [2.45, 2.75) is 25.4 Å². The van der Waals surface area contributed by atoms with Crippen molar-refractivity contribution < 1.29 is 27.4 Å². The summed E-state index contributed by atoms with van der Waals surface area (Å²) in [5.74, 6) is -0.747. The first-order valence-electron chi connectivity index (χ1n) is 6.05. The lowest BCUT2D eigenvalue weighted by Crippen LogP contribution is -2.30. The van der Waals surface area contributed by atoms with Crippen molar-refractivity contribution in [3.8, 4) is 0 Å². The summed E-state index contributed by atoms with van der Waals surface area (Å²) in [6.45, 7) is 1.36. The van der Waals surface area contributed by atoms with Gasteiger partial charge in [0.1, 0.15) is 18.5 Å². The Morgan fingerprint density at radius 2 is 2.29 bits per heavy atom. The second-order valence-electron chi connectivity index (χ2n) is 4.84. The third-order valence-corrected chi connectivity index (χ3v) is 3.76. The zero-order valence-corrected chi connectivity index (χ0v) is 12.1. The number of nitrogens with zero attached hydrogens (tertiary/aromatic N) is 3. The molecule has 0 saturated carbocycles. The van der Waals surface area contributed by atoms with Crippen LogP contribution in [0.25, 0.3) is 0 Å². The number of hydrogen-bond acceptors (Lipinski definition) is 8. The van der Waals surface area contributed by atoms with E-state index in [1.807, 2.05) is 0 Å². The Balaban J connectivity index is 2.10. The lowest BCUT2D eigenvalue weighted by Gasteiger charge is -2.15. The first kappa shape index (κ1) is 15.8. The second kappa shape index (κ2) is 5.67. The molecule has 4 atom stereocenters. The summed E-state index contributed by atoms with van der Waals surface area (Å²) in [6, 6.07) is 0. The maximum Gasteiger partial charge on any atom is 0.381 e. The molecule has 1 fully saturated rings. The molecule has 0 spiro atoms. The number of aromatic nitrogens is 2. The van der Waals surface area contributed by atoms with E-state index in [9.17, 15) is 23.6 Å². The van der Waals surface area contributed by atoms with Crippen LogP contribution in [0.1, 0.15) is 13.2 Å². The first-order valence-corrected chi connectivity index (χ1v) is 7.86. The monoisotopic (exact) mass is 321 g/mol. The largest absolute Gasteiger partial charge is 0.390 e. The minimum absolute atomic E-state index is 0.322. The van der Waals surface area contributed by atoms with Crippen LogP contribution in [0.4, 0.5) is 5.82 Å². The molecular formula is C10H15N3O7S. The molecule has 0 aliphatic carbocycles. The predicted octanol–water partition coefficient (Wildman–Crippen LogP) is -0.338. The van der Waals surface area contributed by atoms with Gasteiger partial charge in [-0.1, -0.05) is 6.92 Å². The zero-order valence-electron chi connectivity index (χ0n) is 11.3. The van der Waals surface area contributed by atoms with Crippen LogP contribution in [0.5, 0.6) is 0 Å². The molecule has 4 unspecified atom stereocenters. The van der Waals surface area contributed by atoms with Crippen molar-refractivity contribution in [2.75, 3.05) is 12.9 Å². The molecule has 118 valence electrons. The molecular weight excluding hydrogens is 306 g/mol. The van der Waals surface area contributed by atoms with E-state index >= 15 is 0 Å². The molecule has 0 bridgehead atoms. The summed E-state index contributed by atoms with van der Waals surface area (Å²) in [6.07, 6.45) is 0.822. The molecule has 0 radical (unpaired) electrons. The predicted molar refractivity (Wildman–Crippen MR) is 68.8 cm³/mol. The van der Waals surface area contributed by atoms with E-state index in [1.165, 1.54) is 17.1 Å². The molecule has 21 heavy (non-hydrogen) atoms. The van der Waals surface area contributed by atoms with Crippen LogP contribution in [0, 0.1) is 16.0 Å². The first-order chi connectivity index (χ1) is 9.69. The molecule has 1 aromatic rings. The standard InChI is InChI=1S/C10H15N3O7S/c1-6-9(14)7(4-19-21(2,17)18)20-10(6)12-3-8(11-5-12)13(15)16/h3,5-7,9-10,14H,4H2,1-2H3. The Bertz CT molecular complexity index is 628. The quantitative estimate of drug-likeness (QED) is 0.442. The minimum atomic E-state index is -3.64. The van der Waals surface area contributed by atoms with Gasteiger partial charge in [0.05, 0.1) is 19.0 Å². The van der Waals surface area contributed by atoms with Gasteiger partial charge in [-0.2, -0.15) is 8.42 Å². The number of aliphatic hydroxyl groups is 1. The Hall–Kier alpha value is -1.56. The number of aliphatic hydroxyl groups excluding tert-OH is 1. The molecule has 1 aliphatic rings. The summed E-state index contributed by atoms with van der Waals surface area (Å²) < 4.78 is 33.4. The summed E-state index contributed by atoms with van der Waals surface area (Å²) in [7, 11) is -3.64. The van der Waals surface area contributed by atoms with E-state index in [2.05, 4.69) is 9.17 Å². The molecule has 2 heterocycles. The number of ether oxygens (including phenoxy) is 1. The Morgan fingerprint density at radius 3 is 2.81 bits per heavy atom. The van der Waals surface area contributed by atoms with Crippen molar-refractivity contribution in [1.82, 2.24) is 9.55 Å². The van der Waals surface area contributed by atoms with Crippen molar-refractivity contribution in [1.29, 1.82) is 0 Å². The van der Waals surface area contributed by atoms with E-state index in [4.69, 9.17) is 4.74 Å². The maximum atomic E-state index is 11.0. The zero-order chi connectivity index (χ0) is 15.8. The Kier molecular flexibility index (Phi) is 4.27. The minimum Gasteiger partial charge on any atom is -0.390 e. The molecule has 1 N–H and O–H groups in total. The maximum absolute atomic E-state index is 11.0. The van der Waals surface area contributed by atoms with Gasteiger partial charge >= 0.3 is 5.82 Å². The second-order valence-corrected chi connectivity index (χ2v) is 6.48. The van der Waals surface area contributed by atoms with Gasteiger partial charge in [-0.05, 0) is 9.91 Å². The molecule has 11 heteroatoms. The lowest BCUT2D eigenvalue weighted by molar-refractivity contribution is -0.389. The molecule has 10 nitrogen and oxygen atoms in total. The van der Waals surface area contributed by atoms with Gasteiger partial charge in [0, 0.05) is 5.92 Å². The Morgan fingerprint density at radius 1 is 1.62 bits per heavy atom. The summed E-state index contributed by atoms with van der Waals surface area (Å²) in [5, 5.41) is 20.6. The third-order valence-electron chi connectivity index (χ3n) is 3.20. The van der Waals surface area contributed by atoms with Gasteiger partial charge in [0.15, 0.2) is 0 Å². The topological polar surface area (TPSA) is 134 Å². The Labute approximate surface area is 120 Å². The summed E-state index contributed by atoms with van der Waals surface area (Å²) in [4.78, 5) is 13.6. The fourth-order valence-electron chi connectivity index (χ4n) is 2.12. The molecule has 0 amide bonds. The molecule has 1 saturated heterocycles. The van der Waals surface area contributed by atoms with Gasteiger partial charge < -0.3 is 20.0 Å².